The predicted octanol–water partition coefficient (Wildman–Crippen LogP) is 4.03. The molecule has 112 valence electrons. The highest BCUT2D eigenvalue weighted by Crippen LogP contribution is 2.26. The third-order valence-electron chi connectivity index (χ3n) is 3.13. The Kier molecular flexibility index (Phi) is 4.10. The average Bonchev–Trinajstić information content (AvgIpc) is 2.99. The highest BCUT2D eigenvalue weighted by Gasteiger charge is 2.10. The van der Waals surface area contributed by atoms with Crippen LogP contribution in [0.25, 0.3) is 15.8 Å². The van der Waals surface area contributed by atoms with E-state index in [0.717, 1.165) is 10.2 Å². The number of aliphatic imine (C=N–C) groups is 1. The number of nitrogens with zero attached hydrogens (tertiary/aromatic N) is 2. The van der Waals surface area contributed by atoms with Crippen LogP contribution in [0.5, 0.6) is 0 Å². The van der Waals surface area contributed by atoms with Crippen molar-refractivity contribution < 1.29 is 9.90 Å². The lowest BCUT2D eigenvalue weighted by Gasteiger charge is -1.99. The van der Waals surface area contributed by atoms with Crippen molar-refractivity contribution in [1.82, 2.24) is 4.98 Å². The minimum atomic E-state index is -1.04. The van der Waals surface area contributed by atoms with Crippen LogP contribution >= 0.6 is 11.3 Å². The maximum atomic E-state index is 11.2. The normalized spacial score (nSPS) is 10.8. The summed E-state index contributed by atoms with van der Waals surface area (Å²) in [5.41, 5.74) is 1.69. The first-order valence-corrected chi connectivity index (χ1v) is 7.52. The van der Waals surface area contributed by atoms with Gasteiger partial charge in [0, 0.05) is 6.21 Å². The second-order valence-electron chi connectivity index (χ2n) is 4.61. The number of thiazole rings is 1. The van der Waals surface area contributed by atoms with Crippen LogP contribution < -0.4 is 0 Å². The zero-order chi connectivity index (χ0) is 16.2. The van der Waals surface area contributed by atoms with Crippen LogP contribution in [-0.4, -0.2) is 28.1 Å². The molecule has 0 radical (unpaired) electrons. The van der Waals surface area contributed by atoms with Gasteiger partial charge in [0.25, 0.3) is 0 Å². The third kappa shape index (κ3) is 3.08. The van der Waals surface area contributed by atoms with Crippen molar-refractivity contribution in [2.45, 2.75) is 0 Å². The van der Waals surface area contributed by atoms with Crippen molar-refractivity contribution in [1.29, 1.82) is 5.41 Å². The third-order valence-corrected chi connectivity index (χ3v) is 4.20. The van der Waals surface area contributed by atoms with Gasteiger partial charge in [0.15, 0.2) is 0 Å². The van der Waals surface area contributed by atoms with Gasteiger partial charge in [-0.05, 0) is 30.1 Å². The maximum absolute atomic E-state index is 11.2. The molecule has 3 rings (SSSR count). The SMILES string of the molecule is N=C=C(C=Nc1ccccc1C(=O)O)c1nc2ccccc2s1. The molecule has 0 aliphatic rings. The van der Waals surface area contributed by atoms with E-state index in [2.05, 4.69) is 15.8 Å². The molecule has 0 unspecified atom stereocenters. The number of benzene rings is 2. The monoisotopic (exact) mass is 321 g/mol. The second-order valence-corrected chi connectivity index (χ2v) is 5.64. The van der Waals surface area contributed by atoms with E-state index in [1.54, 1.807) is 18.2 Å². The van der Waals surface area contributed by atoms with Crippen molar-refractivity contribution in [3.63, 3.8) is 0 Å². The topological polar surface area (TPSA) is 86.4 Å². The summed E-state index contributed by atoms with van der Waals surface area (Å²) in [6.45, 7) is 0. The average molecular weight is 321 g/mol. The number of hydrogen-bond acceptors (Lipinski definition) is 5. The first-order valence-electron chi connectivity index (χ1n) is 6.71. The number of nitrogens with one attached hydrogen (secondary N) is 1. The van der Waals surface area contributed by atoms with E-state index in [1.807, 2.05) is 24.3 Å². The largest absolute Gasteiger partial charge is 0.478 e. The lowest BCUT2D eigenvalue weighted by atomic mass is 10.2. The molecule has 3 aromatic rings. The van der Waals surface area contributed by atoms with Gasteiger partial charge in [0.1, 0.15) is 5.01 Å². The molecular weight excluding hydrogens is 310 g/mol. The van der Waals surface area contributed by atoms with Crippen LogP contribution in [0.2, 0.25) is 0 Å². The zero-order valence-electron chi connectivity index (χ0n) is 11.9. The second kappa shape index (κ2) is 6.36. The fraction of sp³-hybridized carbons (Fsp3) is 0. The first-order chi connectivity index (χ1) is 11.2. The van der Waals surface area contributed by atoms with Crippen LogP contribution in [-0.2, 0) is 0 Å². The van der Waals surface area contributed by atoms with Crippen LogP contribution in [0.4, 0.5) is 5.69 Å². The number of rotatable bonds is 4. The van der Waals surface area contributed by atoms with Crippen LogP contribution in [0.15, 0.2) is 53.5 Å². The van der Waals surface area contributed by atoms with E-state index >= 15 is 0 Å². The molecule has 1 heterocycles. The standard InChI is InChI=1S/C17H11N3O2S/c18-9-11(16-20-14-7-3-4-8-15(14)23-16)10-19-13-6-2-1-5-12(13)17(21)22/h1-8,10,18H,(H,21,22). The minimum absolute atomic E-state index is 0.109. The highest BCUT2D eigenvalue weighted by atomic mass is 32.1. The summed E-state index contributed by atoms with van der Waals surface area (Å²) in [6, 6.07) is 14.1. The number of hydrogen-bond donors (Lipinski definition) is 2. The van der Waals surface area contributed by atoms with Gasteiger partial charge in [0.05, 0.1) is 27.0 Å². The molecule has 0 saturated carbocycles. The molecule has 2 aromatic carbocycles. The minimum Gasteiger partial charge on any atom is -0.478 e. The first kappa shape index (κ1) is 14.8. The van der Waals surface area contributed by atoms with E-state index in [4.69, 9.17) is 10.5 Å². The van der Waals surface area contributed by atoms with Crippen molar-refractivity contribution in [2.24, 2.45) is 4.99 Å². The van der Waals surface area contributed by atoms with Crippen molar-refractivity contribution in [3.05, 3.63) is 59.1 Å². The molecule has 0 amide bonds. The summed E-state index contributed by atoms with van der Waals surface area (Å²) >= 11 is 1.44. The van der Waals surface area contributed by atoms with E-state index in [-0.39, 0.29) is 5.56 Å². The van der Waals surface area contributed by atoms with E-state index in [9.17, 15) is 4.79 Å². The molecule has 5 nitrogen and oxygen atoms in total. The summed E-state index contributed by atoms with van der Waals surface area (Å²) in [6.07, 6.45) is 1.42. The zero-order valence-corrected chi connectivity index (χ0v) is 12.7. The molecule has 0 saturated heterocycles. The maximum Gasteiger partial charge on any atom is 0.337 e. The van der Waals surface area contributed by atoms with Gasteiger partial charge in [-0.2, -0.15) is 0 Å². The Morgan fingerprint density at radius 3 is 2.70 bits per heavy atom. The van der Waals surface area contributed by atoms with Gasteiger partial charge in [0.2, 0.25) is 0 Å². The number of aromatic nitrogens is 1. The van der Waals surface area contributed by atoms with Crippen LogP contribution in [0.3, 0.4) is 0 Å². The quantitative estimate of drug-likeness (QED) is 0.711. The number of carboxylic acids is 1. The lowest BCUT2D eigenvalue weighted by Crippen LogP contribution is -1.96. The number of para-hydroxylation sites is 2. The van der Waals surface area contributed by atoms with Gasteiger partial charge in [-0.15, -0.1) is 11.3 Å². The Morgan fingerprint density at radius 2 is 1.96 bits per heavy atom. The van der Waals surface area contributed by atoms with Crippen molar-refractivity contribution in [2.75, 3.05) is 0 Å². The van der Waals surface area contributed by atoms with Gasteiger partial charge in [-0.3, -0.25) is 10.4 Å². The molecule has 23 heavy (non-hydrogen) atoms. The Bertz CT molecular complexity index is 936. The Hall–Kier alpha value is -3.08. The number of carboxylic acid groups (broad SMARTS) is 1. The van der Waals surface area contributed by atoms with E-state index < -0.39 is 5.97 Å². The smallest absolute Gasteiger partial charge is 0.337 e. The molecular formula is C17H11N3O2S. The van der Waals surface area contributed by atoms with Gasteiger partial charge in [-0.25, -0.2) is 9.78 Å². The van der Waals surface area contributed by atoms with Gasteiger partial charge >= 0.3 is 5.97 Å². The molecule has 0 fully saturated rings. The predicted molar refractivity (Wildman–Crippen MR) is 92.3 cm³/mol. The Balaban J connectivity index is 1.97. The fourth-order valence-corrected chi connectivity index (χ4v) is 2.96. The number of allylic oxidation sites excluding steroid dienone is 1. The summed E-state index contributed by atoms with van der Waals surface area (Å²) in [5.74, 6) is 1.27. The van der Waals surface area contributed by atoms with E-state index in [0.29, 0.717) is 16.3 Å². The summed E-state index contributed by atoms with van der Waals surface area (Å²) in [7, 11) is 0. The molecule has 6 heteroatoms. The lowest BCUT2D eigenvalue weighted by molar-refractivity contribution is 0.0698. The summed E-state index contributed by atoms with van der Waals surface area (Å²) in [5, 5.41) is 17.2. The Labute approximate surface area is 135 Å². The van der Waals surface area contributed by atoms with Gasteiger partial charge < -0.3 is 5.11 Å². The van der Waals surface area contributed by atoms with Gasteiger partial charge in [-0.1, -0.05) is 24.3 Å². The fourth-order valence-electron chi connectivity index (χ4n) is 2.03. The van der Waals surface area contributed by atoms with Crippen molar-refractivity contribution >= 4 is 50.9 Å². The van der Waals surface area contributed by atoms with Crippen LogP contribution in [0.1, 0.15) is 15.4 Å². The highest BCUT2D eigenvalue weighted by molar-refractivity contribution is 7.19. The Morgan fingerprint density at radius 1 is 1.22 bits per heavy atom. The summed E-state index contributed by atoms with van der Waals surface area (Å²) < 4.78 is 1.01. The number of fused-ring (bicyclic) bond motifs is 1. The molecule has 0 spiro atoms. The molecule has 1 aromatic heterocycles. The van der Waals surface area contributed by atoms with E-state index in [1.165, 1.54) is 23.6 Å². The number of aromatic carboxylic acids is 1. The molecule has 2 N–H and O–H groups in total. The summed E-state index contributed by atoms with van der Waals surface area (Å²) in [4.78, 5) is 19.8. The molecule has 0 bridgehead atoms. The van der Waals surface area contributed by atoms with Crippen LogP contribution in [0, 0.1) is 5.41 Å². The molecule has 0 aliphatic heterocycles. The molecule has 0 atom stereocenters. The molecule has 0 aliphatic carbocycles. The van der Waals surface area contributed by atoms with Crippen molar-refractivity contribution in [3.8, 4) is 0 Å². The number of carbonyl (C=O) groups is 1.